The van der Waals surface area contributed by atoms with Gasteiger partial charge in [-0.15, -0.1) is 0 Å². The Hall–Kier alpha value is -1.46. The predicted molar refractivity (Wildman–Crippen MR) is 91.9 cm³/mol. The minimum atomic E-state index is -0.319. The number of rotatable bonds is 5. The van der Waals surface area contributed by atoms with Crippen molar-refractivity contribution in [3.63, 3.8) is 0 Å². The monoisotopic (exact) mass is 347 g/mol. The number of likely N-dealkylation sites (tertiary alicyclic amines) is 1. The molecule has 4 rings (SSSR count). The fourth-order valence-electron chi connectivity index (χ4n) is 4.16. The normalized spacial score (nSPS) is 29.3. The van der Waals surface area contributed by atoms with Crippen molar-refractivity contribution >= 4 is 5.91 Å². The number of benzene rings is 1. The zero-order chi connectivity index (χ0) is 17.3. The summed E-state index contributed by atoms with van der Waals surface area (Å²) in [6, 6.07) is 5.82. The van der Waals surface area contributed by atoms with Crippen LogP contribution in [0.3, 0.4) is 0 Å². The number of amides is 1. The van der Waals surface area contributed by atoms with E-state index in [2.05, 4.69) is 0 Å². The maximum atomic E-state index is 13.1. The van der Waals surface area contributed by atoms with Crippen LogP contribution in [0.5, 0.6) is 0 Å². The molecule has 3 fully saturated rings. The van der Waals surface area contributed by atoms with Gasteiger partial charge in [-0.05, 0) is 62.3 Å². The molecule has 5 heteroatoms. The number of hydrogen-bond donors (Lipinski definition) is 0. The Morgan fingerprint density at radius 1 is 1.28 bits per heavy atom. The van der Waals surface area contributed by atoms with Crippen LogP contribution in [0.15, 0.2) is 24.3 Å². The molecule has 136 valence electrons. The van der Waals surface area contributed by atoms with Gasteiger partial charge in [-0.1, -0.05) is 0 Å². The molecule has 3 aliphatic rings. The van der Waals surface area contributed by atoms with E-state index < -0.39 is 0 Å². The van der Waals surface area contributed by atoms with Crippen molar-refractivity contribution in [2.75, 3.05) is 32.9 Å². The fourth-order valence-corrected chi connectivity index (χ4v) is 4.16. The Kier molecular flexibility index (Phi) is 4.78. The minimum absolute atomic E-state index is 0.0226. The Labute approximate surface area is 148 Å². The van der Waals surface area contributed by atoms with E-state index in [-0.39, 0.29) is 23.2 Å². The van der Waals surface area contributed by atoms with E-state index in [9.17, 15) is 9.18 Å². The molecular weight excluding hydrogens is 321 g/mol. The molecule has 4 nitrogen and oxygen atoms in total. The molecule has 0 bridgehead atoms. The summed E-state index contributed by atoms with van der Waals surface area (Å²) >= 11 is 0. The lowest BCUT2D eigenvalue weighted by molar-refractivity contribution is -0.147. The second-order valence-corrected chi connectivity index (χ2v) is 7.81. The van der Waals surface area contributed by atoms with Gasteiger partial charge in [0.2, 0.25) is 0 Å². The average molecular weight is 347 g/mol. The predicted octanol–water partition coefficient (Wildman–Crippen LogP) is 3.26. The lowest BCUT2D eigenvalue weighted by atomic mass is 9.73. The molecule has 2 aliphatic heterocycles. The summed E-state index contributed by atoms with van der Waals surface area (Å²) in [6.07, 6.45) is 5.64. The first-order chi connectivity index (χ1) is 12.2. The molecule has 0 radical (unpaired) electrons. The van der Waals surface area contributed by atoms with Crippen molar-refractivity contribution in [3.8, 4) is 0 Å². The topological polar surface area (TPSA) is 38.8 Å². The van der Waals surface area contributed by atoms with Gasteiger partial charge in [0, 0.05) is 37.3 Å². The van der Waals surface area contributed by atoms with Crippen LogP contribution in [-0.4, -0.2) is 49.8 Å². The molecule has 2 atom stereocenters. The van der Waals surface area contributed by atoms with Crippen LogP contribution in [-0.2, 0) is 9.47 Å². The van der Waals surface area contributed by atoms with Gasteiger partial charge in [0.05, 0.1) is 12.7 Å². The molecule has 2 saturated heterocycles. The SMILES string of the molecule is O=C(c1ccc(F)cc1)N1CC[C@H]2OCCC[C@]2(COCC2CC2)C1. The van der Waals surface area contributed by atoms with Crippen LogP contribution >= 0.6 is 0 Å². The molecule has 1 aliphatic carbocycles. The number of ether oxygens (including phenoxy) is 2. The summed E-state index contributed by atoms with van der Waals surface area (Å²) in [6.45, 7) is 3.66. The smallest absolute Gasteiger partial charge is 0.253 e. The molecule has 0 aromatic heterocycles. The number of halogens is 1. The first kappa shape index (κ1) is 17.0. The second kappa shape index (κ2) is 7.04. The van der Waals surface area contributed by atoms with Gasteiger partial charge < -0.3 is 14.4 Å². The van der Waals surface area contributed by atoms with Crippen molar-refractivity contribution in [3.05, 3.63) is 35.6 Å². The Morgan fingerprint density at radius 3 is 2.84 bits per heavy atom. The Bertz CT molecular complexity index is 616. The number of carbonyl (C=O) groups is 1. The molecular formula is C20H26FNO3. The van der Waals surface area contributed by atoms with Crippen LogP contribution < -0.4 is 0 Å². The van der Waals surface area contributed by atoms with Crippen molar-refractivity contribution in [2.45, 2.75) is 38.2 Å². The number of hydrogen-bond acceptors (Lipinski definition) is 3. The third-order valence-electron chi connectivity index (χ3n) is 5.81. The zero-order valence-electron chi connectivity index (χ0n) is 14.6. The summed E-state index contributed by atoms with van der Waals surface area (Å²) in [7, 11) is 0. The highest BCUT2D eigenvalue weighted by atomic mass is 19.1. The molecule has 25 heavy (non-hydrogen) atoms. The third kappa shape index (κ3) is 3.72. The number of fused-ring (bicyclic) bond motifs is 1. The maximum Gasteiger partial charge on any atom is 0.253 e. The molecule has 0 unspecified atom stereocenters. The van der Waals surface area contributed by atoms with Crippen LogP contribution in [0.1, 0.15) is 42.5 Å². The van der Waals surface area contributed by atoms with Crippen molar-refractivity contribution in [1.29, 1.82) is 0 Å². The number of piperidine rings is 1. The number of nitrogens with zero attached hydrogens (tertiary/aromatic N) is 1. The lowest BCUT2D eigenvalue weighted by Gasteiger charge is -2.50. The Morgan fingerprint density at radius 2 is 2.08 bits per heavy atom. The zero-order valence-corrected chi connectivity index (χ0v) is 14.6. The standard InChI is InChI=1S/C20H26FNO3/c21-17-6-4-16(5-7-17)19(23)22-10-8-18-20(13-22,9-1-11-25-18)14-24-12-15-2-3-15/h4-7,15,18H,1-3,8-14H2/t18-,20-/m1/s1. The lowest BCUT2D eigenvalue weighted by Crippen LogP contribution is -2.58. The quantitative estimate of drug-likeness (QED) is 0.821. The summed E-state index contributed by atoms with van der Waals surface area (Å²) in [5.41, 5.74) is 0.451. The van der Waals surface area contributed by atoms with Crippen molar-refractivity contribution in [2.24, 2.45) is 11.3 Å². The van der Waals surface area contributed by atoms with E-state index in [0.717, 1.165) is 38.4 Å². The average Bonchev–Trinajstić information content (AvgIpc) is 3.45. The van der Waals surface area contributed by atoms with Crippen molar-refractivity contribution in [1.82, 2.24) is 4.90 Å². The first-order valence-corrected chi connectivity index (χ1v) is 9.40. The summed E-state index contributed by atoms with van der Waals surface area (Å²) in [5.74, 6) is 0.395. The van der Waals surface area contributed by atoms with Gasteiger partial charge >= 0.3 is 0 Å². The van der Waals surface area contributed by atoms with Gasteiger partial charge in [0.1, 0.15) is 5.82 Å². The fraction of sp³-hybridized carbons (Fsp3) is 0.650. The van der Waals surface area contributed by atoms with E-state index in [4.69, 9.17) is 9.47 Å². The number of carbonyl (C=O) groups excluding carboxylic acids is 1. The molecule has 1 aromatic rings. The van der Waals surface area contributed by atoms with Crippen molar-refractivity contribution < 1.29 is 18.7 Å². The van der Waals surface area contributed by atoms with Gasteiger partial charge in [-0.2, -0.15) is 0 Å². The molecule has 0 N–H and O–H groups in total. The molecule has 1 aromatic carbocycles. The molecule has 2 heterocycles. The van der Waals surface area contributed by atoms with E-state index in [0.29, 0.717) is 25.3 Å². The van der Waals surface area contributed by atoms with Gasteiger partial charge in [-0.25, -0.2) is 4.39 Å². The molecule has 1 saturated carbocycles. The van der Waals surface area contributed by atoms with Crippen LogP contribution in [0.25, 0.3) is 0 Å². The molecule has 1 amide bonds. The van der Waals surface area contributed by atoms with Gasteiger partial charge in [-0.3, -0.25) is 4.79 Å². The largest absolute Gasteiger partial charge is 0.380 e. The second-order valence-electron chi connectivity index (χ2n) is 7.81. The minimum Gasteiger partial charge on any atom is -0.380 e. The highest BCUT2D eigenvalue weighted by Crippen LogP contribution is 2.41. The van der Waals surface area contributed by atoms with E-state index >= 15 is 0 Å². The third-order valence-corrected chi connectivity index (χ3v) is 5.81. The summed E-state index contributed by atoms with van der Waals surface area (Å²) in [4.78, 5) is 14.7. The summed E-state index contributed by atoms with van der Waals surface area (Å²) < 4.78 is 25.2. The van der Waals surface area contributed by atoms with E-state index in [1.807, 2.05) is 4.90 Å². The summed E-state index contributed by atoms with van der Waals surface area (Å²) in [5, 5.41) is 0. The van der Waals surface area contributed by atoms with Crippen LogP contribution in [0, 0.1) is 17.2 Å². The highest BCUT2D eigenvalue weighted by Gasteiger charge is 2.47. The maximum absolute atomic E-state index is 13.1. The van der Waals surface area contributed by atoms with E-state index in [1.165, 1.54) is 25.0 Å². The van der Waals surface area contributed by atoms with Gasteiger partial charge in [0.15, 0.2) is 0 Å². The van der Waals surface area contributed by atoms with Crippen LogP contribution in [0.2, 0.25) is 0 Å². The van der Waals surface area contributed by atoms with Crippen LogP contribution in [0.4, 0.5) is 4.39 Å². The highest BCUT2D eigenvalue weighted by molar-refractivity contribution is 5.94. The van der Waals surface area contributed by atoms with E-state index in [1.54, 1.807) is 12.1 Å². The Balaban J connectivity index is 1.46. The first-order valence-electron chi connectivity index (χ1n) is 9.40. The molecule has 0 spiro atoms. The van der Waals surface area contributed by atoms with Gasteiger partial charge in [0.25, 0.3) is 5.91 Å².